The van der Waals surface area contributed by atoms with Gasteiger partial charge in [0.1, 0.15) is 23.7 Å². The first kappa shape index (κ1) is 27.2. The average molecular weight is 527 g/mol. The third-order valence-electron chi connectivity index (χ3n) is 4.84. The predicted molar refractivity (Wildman–Crippen MR) is 125 cm³/mol. The number of nitrogens with one attached hydrogen (secondary N) is 2. The molecule has 4 atom stereocenters. The summed E-state index contributed by atoms with van der Waals surface area (Å²) in [4.78, 5) is 37.4. The first-order valence-corrected chi connectivity index (χ1v) is 12.5. The number of aliphatic hydroxyl groups excluding tert-OH is 1. The lowest BCUT2D eigenvalue weighted by molar-refractivity contribution is -0.149. The third-order valence-corrected chi connectivity index (χ3v) is 6.59. The highest BCUT2D eigenvalue weighted by atomic mass is 31.2. The number of carbonyl (C=O) groups is 1. The van der Waals surface area contributed by atoms with Gasteiger partial charge in [-0.2, -0.15) is 9.48 Å². The number of H-pyrrole nitrogens is 1. The number of hydrogen-bond acceptors (Lipinski definition) is 9. The number of aromatic amines is 1. The number of benzene rings is 1. The fraction of sp³-hybridized carbons (Fsp3) is 0.409. The molecule has 0 radical (unpaired) electrons. The van der Waals surface area contributed by atoms with Crippen molar-refractivity contribution in [3.8, 4) is 5.75 Å². The van der Waals surface area contributed by atoms with E-state index in [-0.39, 0.29) is 23.7 Å². The summed E-state index contributed by atoms with van der Waals surface area (Å²) in [6.45, 7) is 6.12. The van der Waals surface area contributed by atoms with Gasteiger partial charge in [0.15, 0.2) is 12.0 Å². The maximum absolute atomic E-state index is 13.7. The van der Waals surface area contributed by atoms with Crippen molar-refractivity contribution in [2.45, 2.75) is 58.6 Å². The lowest BCUT2D eigenvalue weighted by atomic mass is 10.2. The van der Waals surface area contributed by atoms with Crippen molar-refractivity contribution >= 4 is 13.7 Å². The van der Waals surface area contributed by atoms with Gasteiger partial charge in [0, 0.05) is 0 Å². The highest BCUT2D eigenvalue weighted by Crippen LogP contribution is 2.48. The molecule has 0 saturated carbocycles. The molecule has 2 heterocycles. The highest BCUT2D eigenvalue weighted by molar-refractivity contribution is 7.52. The molecule has 36 heavy (non-hydrogen) atoms. The van der Waals surface area contributed by atoms with E-state index in [1.165, 1.54) is 26.0 Å². The van der Waals surface area contributed by atoms with Crippen molar-refractivity contribution in [2.75, 3.05) is 0 Å². The SMILES string of the molecule is CC(C)OC(=O)[C@H](C)N[P@@](=O)(Oc1ccccc1)O[C@H](C)C1=C(O)C[C@H](n2cc(F)c(=O)[nH]c2=O)O1. The van der Waals surface area contributed by atoms with Crippen LogP contribution in [-0.4, -0.2) is 38.9 Å². The van der Waals surface area contributed by atoms with Crippen LogP contribution in [0.5, 0.6) is 5.75 Å². The van der Waals surface area contributed by atoms with Gasteiger partial charge in [-0.25, -0.2) is 9.36 Å². The molecule has 1 aromatic heterocycles. The zero-order valence-electron chi connectivity index (χ0n) is 20.0. The predicted octanol–water partition coefficient (Wildman–Crippen LogP) is 2.89. The number of carbonyl (C=O) groups excluding carboxylic acids is 1. The molecular weight excluding hydrogens is 500 g/mol. The van der Waals surface area contributed by atoms with Crippen LogP contribution in [0.4, 0.5) is 4.39 Å². The quantitative estimate of drug-likeness (QED) is 0.310. The minimum Gasteiger partial charge on any atom is -0.508 e. The molecular formula is C22H27FN3O9P. The minimum absolute atomic E-state index is 0.170. The van der Waals surface area contributed by atoms with Crippen LogP contribution in [0.1, 0.15) is 40.3 Å². The van der Waals surface area contributed by atoms with Crippen LogP contribution in [0, 0.1) is 5.82 Å². The maximum Gasteiger partial charge on any atom is 0.460 e. The number of rotatable bonds is 10. The number of nitrogens with zero attached hydrogens (tertiary/aromatic N) is 1. The van der Waals surface area contributed by atoms with E-state index in [2.05, 4.69) is 5.09 Å². The van der Waals surface area contributed by atoms with E-state index < -0.39 is 55.3 Å². The van der Waals surface area contributed by atoms with Crippen LogP contribution in [0.25, 0.3) is 0 Å². The summed E-state index contributed by atoms with van der Waals surface area (Å²) in [7, 11) is -4.30. The van der Waals surface area contributed by atoms with E-state index in [1.54, 1.807) is 37.0 Å². The molecule has 1 aliphatic rings. The number of hydrogen-bond donors (Lipinski definition) is 3. The van der Waals surface area contributed by atoms with Crippen LogP contribution < -0.4 is 20.9 Å². The molecule has 0 unspecified atom stereocenters. The van der Waals surface area contributed by atoms with E-state index in [1.807, 2.05) is 0 Å². The first-order chi connectivity index (χ1) is 16.9. The molecule has 0 spiro atoms. The summed E-state index contributed by atoms with van der Waals surface area (Å²) in [6, 6.07) is 6.94. The van der Waals surface area contributed by atoms with E-state index in [0.717, 1.165) is 4.57 Å². The molecule has 3 N–H and O–H groups in total. The van der Waals surface area contributed by atoms with E-state index >= 15 is 0 Å². The van der Waals surface area contributed by atoms with Crippen LogP contribution >= 0.6 is 7.75 Å². The molecule has 2 aromatic rings. The third kappa shape index (κ3) is 6.62. The molecule has 0 bridgehead atoms. The summed E-state index contributed by atoms with van der Waals surface area (Å²) in [5.41, 5.74) is -2.15. The first-order valence-electron chi connectivity index (χ1n) is 11.0. The van der Waals surface area contributed by atoms with Crippen LogP contribution in [0.3, 0.4) is 0 Å². The summed E-state index contributed by atoms with van der Waals surface area (Å²) >= 11 is 0. The van der Waals surface area contributed by atoms with E-state index in [0.29, 0.717) is 6.20 Å². The molecule has 3 rings (SSSR count). The Morgan fingerprint density at radius 3 is 2.56 bits per heavy atom. The highest BCUT2D eigenvalue weighted by Gasteiger charge is 2.39. The zero-order chi connectivity index (χ0) is 26.6. The molecule has 0 amide bonds. The monoisotopic (exact) mass is 527 g/mol. The van der Waals surface area contributed by atoms with Gasteiger partial charge in [0.05, 0.1) is 18.7 Å². The maximum atomic E-state index is 13.7. The molecule has 14 heteroatoms. The van der Waals surface area contributed by atoms with E-state index in [9.17, 15) is 28.4 Å². The smallest absolute Gasteiger partial charge is 0.460 e. The number of halogens is 1. The fourth-order valence-electron chi connectivity index (χ4n) is 3.26. The Hall–Kier alpha value is -3.41. The summed E-state index contributed by atoms with van der Waals surface area (Å²) in [5, 5.41) is 12.9. The second-order valence-corrected chi connectivity index (χ2v) is 9.86. The number of aromatic nitrogens is 2. The molecule has 1 aromatic carbocycles. The van der Waals surface area contributed by atoms with Gasteiger partial charge < -0.3 is 19.1 Å². The van der Waals surface area contributed by atoms with Crippen molar-refractivity contribution in [2.24, 2.45) is 0 Å². The largest absolute Gasteiger partial charge is 0.508 e. The Balaban J connectivity index is 1.81. The van der Waals surface area contributed by atoms with Gasteiger partial charge >= 0.3 is 19.4 Å². The number of para-hydroxylation sites is 1. The van der Waals surface area contributed by atoms with Crippen molar-refractivity contribution in [1.82, 2.24) is 14.6 Å². The van der Waals surface area contributed by atoms with Gasteiger partial charge in [-0.3, -0.25) is 23.7 Å². The van der Waals surface area contributed by atoms with Crippen molar-refractivity contribution in [3.63, 3.8) is 0 Å². The molecule has 0 fully saturated rings. The Morgan fingerprint density at radius 2 is 1.92 bits per heavy atom. The van der Waals surface area contributed by atoms with Gasteiger partial charge in [0.2, 0.25) is 5.82 Å². The molecule has 196 valence electrons. The Labute approximate surface area is 205 Å². The summed E-state index contributed by atoms with van der Waals surface area (Å²) in [5.74, 6) is -2.30. The Morgan fingerprint density at radius 1 is 1.25 bits per heavy atom. The number of ether oxygens (including phenoxy) is 2. The van der Waals surface area contributed by atoms with Crippen LogP contribution in [0.2, 0.25) is 0 Å². The van der Waals surface area contributed by atoms with Crippen LogP contribution in [-0.2, 0) is 23.4 Å². The number of esters is 1. The minimum atomic E-state index is -4.30. The lowest BCUT2D eigenvalue weighted by Crippen LogP contribution is -2.37. The molecule has 0 saturated heterocycles. The van der Waals surface area contributed by atoms with Crippen molar-refractivity contribution in [3.05, 3.63) is 74.7 Å². The summed E-state index contributed by atoms with van der Waals surface area (Å²) < 4.78 is 50.0. The normalized spacial score (nSPS) is 18.9. The molecule has 0 aliphatic carbocycles. The second kappa shape index (κ2) is 11.1. The van der Waals surface area contributed by atoms with Crippen LogP contribution in [0.15, 0.2) is 57.6 Å². The van der Waals surface area contributed by atoms with Crippen molar-refractivity contribution in [1.29, 1.82) is 0 Å². The second-order valence-electron chi connectivity index (χ2n) is 8.22. The average Bonchev–Trinajstić information content (AvgIpc) is 3.17. The van der Waals surface area contributed by atoms with Gasteiger partial charge in [-0.05, 0) is 39.8 Å². The van der Waals surface area contributed by atoms with E-state index in [4.69, 9.17) is 18.5 Å². The fourth-order valence-corrected chi connectivity index (χ4v) is 4.91. The zero-order valence-corrected chi connectivity index (χ0v) is 20.9. The van der Waals surface area contributed by atoms with Gasteiger partial charge in [-0.1, -0.05) is 18.2 Å². The molecule has 1 aliphatic heterocycles. The van der Waals surface area contributed by atoms with Crippen molar-refractivity contribution < 1.29 is 37.4 Å². The van der Waals surface area contributed by atoms with Gasteiger partial charge in [0.25, 0.3) is 5.56 Å². The number of aliphatic hydroxyl groups is 1. The van der Waals surface area contributed by atoms with Gasteiger partial charge in [-0.15, -0.1) is 0 Å². The standard InChI is InChI=1S/C22H27FN3O9P/c1-12(2)32-21(29)13(3)25-36(31,35-15-8-6-5-7-9-15)34-14(4)19-17(27)10-18(33-19)26-11-16(23)20(28)24-22(26)30/h5-9,11-14,18,27H,10H2,1-4H3,(H,25,31)(H,24,28,30)/t13-,14+,18+,36-/m0/s1. The summed E-state index contributed by atoms with van der Waals surface area (Å²) in [6.07, 6.45) is -2.44. The topological polar surface area (TPSA) is 158 Å². The Kier molecular flexibility index (Phi) is 8.39. The lowest BCUT2D eigenvalue weighted by Gasteiger charge is -2.26. The Bertz CT molecular complexity index is 1290. The molecule has 12 nitrogen and oxygen atoms in total.